The van der Waals surface area contributed by atoms with Crippen LogP contribution in [0.1, 0.15) is 29.4 Å². The quantitative estimate of drug-likeness (QED) is 0.483. The van der Waals surface area contributed by atoms with Gasteiger partial charge in [0.15, 0.2) is 17.3 Å². The second-order valence-corrected chi connectivity index (χ2v) is 7.47. The summed E-state index contributed by atoms with van der Waals surface area (Å²) in [7, 11) is 0. The molecule has 4 aromatic rings. The Labute approximate surface area is 184 Å². The zero-order chi connectivity index (χ0) is 22.1. The minimum absolute atomic E-state index is 0.249. The number of fused-ring (bicyclic) bond motifs is 1. The highest BCUT2D eigenvalue weighted by Gasteiger charge is 2.21. The number of hydrogen-bond donors (Lipinski definition) is 1. The van der Waals surface area contributed by atoms with Crippen LogP contribution in [0.4, 0.5) is 5.95 Å². The molecule has 0 unspecified atom stereocenters. The van der Waals surface area contributed by atoms with Crippen molar-refractivity contribution < 1.29 is 14.0 Å². The lowest BCUT2D eigenvalue weighted by molar-refractivity contribution is 0.174. The molecule has 4 heterocycles. The molecule has 5 rings (SSSR count). The van der Waals surface area contributed by atoms with Crippen LogP contribution in [0.5, 0.6) is 11.5 Å². The van der Waals surface area contributed by atoms with Crippen LogP contribution >= 0.6 is 0 Å². The number of hydrogen-bond acceptors (Lipinski definition) is 9. The van der Waals surface area contributed by atoms with E-state index in [1.807, 2.05) is 32.0 Å². The molecule has 0 fully saturated rings. The smallest absolute Gasteiger partial charge is 0.231 e. The van der Waals surface area contributed by atoms with Crippen LogP contribution in [0.25, 0.3) is 22.7 Å². The monoisotopic (exact) mass is 430 g/mol. The summed E-state index contributed by atoms with van der Waals surface area (Å²) in [5, 5.41) is 7.41. The molecule has 32 heavy (non-hydrogen) atoms. The van der Waals surface area contributed by atoms with Crippen molar-refractivity contribution in [2.75, 3.05) is 12.1 Å². The highest BCUT2D eigenvalue weighted by Crippen LogP contribution is 2.34. The number of aryl methyl sites for hydroxylation is 2. The van der Waals surface area contributed by atoms with Gasteiger partial charge >= 0.3 is 0 Å². The molecule has 1 N–H and O–H groups in total. The molecule has 9 nitrogen and oxygen atoms in total. The molecular formula is C23H22N6O3. The Balaban J connectivity index is 1.49. The third-order valence-corrected chi connectivity index (χ3v) is 5.28. The predicted molar refractivity (Wildman–Crippen MR) is 117 cm³/mol. The molecule has 162 valence electrons. The number of nitrogens with one attached hydrogen (secondary N) is 1. The summed E-state index contributed by atoms with van der Waals surface area (Å²) in [6, 6.07) is 5.82. The van der Waals surface area contributed by atoms with Crippen molar-refractivity contribution in [3.05, 3.63) is 59.3 Å². The molecule has 9 heteroatoms. The number of ether oxygens (including phenoxy) is 2. The maximum absolute atomic E-state index is 5.65. The van der Waals surface area contributed by atoms with Crippen molar-refractivity contribution in [3.63, 3.8) is 0 Å². The lowest BCUT2D eigenvalue weighted by Gasteiger charge is -2.11. The Morgan fingerprint density at radius 2 is 1.88 bits per heavy atom. The average molecular weight is 430 g/mol. The molecule has 0 spiro atoms. The molecule has 3 aromatic heterocycles. The molecule has 0 saturated carbocycles. The van der Waals surface area contributed by atoms with Crippen LogP contribution < -0.4 is 14.8 Å². The highest BCUT2D eigenvalue weighted by molar-refractivity contribution is 5.78. The number of aromatic nitrogens is 5. The van der Waals surface area contributed by atoms with E-state index in [9.17, 15) is 0 Å². The van der Waals surface area contributed by atoms with E-state index in [1.54, 1.807) is 18.6 Å². The van der Waals surface area contributed by atoms with Gasteiger partial charge in [-0.1, -0.05) is 18.1 Å². The van der Waals surface area contributed by atoms with E-state index in [4.69, 9.17) is 19.0 Å². The van der Waals surface area contributed by atoms with Crippen LogP contribution in [0.3, 0.4) is 0 Å². The zero-order valence-corrected chi connectivity index (χ0v) is 18.0. The number of nitrogens with zero attached hydrogens (tertiary/aromatic N) is 5. The van der Waals surface area contributed by atoms with E-state index in [1.165, 1.54) is 0 Å². The third-order valence-electron chi connectivity index (χ3n) is 5.28. The van der Waals surface area contributed by atoms with Crippen LogP contribution in [0, 0.1) is 13.8 Å². The molecular weight excluding hydrogens is 408 g/mol. The van der Waals surface area contributed by atoms with Gasteiger partial charge in [-0.05, 0) is 38.0 Å². The molecule has 0 saturated heterocycles. The first kappa shape index (κ1) is 19.9. The lowest BCUT2D eigenvalue weighted by Crippen LogP contribution is -2.06. The van der Waals surface area contributed by atoms with E-state index < -0.39 is 0 Å². The maximum atomic E-state index is 5.65. The summed E-state index contributed by atoms with van der Waals surface area (Å²) in [6.07, 6.45) is 5.95. The summed E-state index contributed by atoms with van der Waals surface area (Å²) >= 11 is 0. The number of anilines is 1. The maximum Gasteiger partial charge on any atom is 0.231 e. The summed E-state index contributed by atoms with van der Waals surface area (Å²) in [5.74, 6) is 2.62. The van der Waals surface area contributed by atoms with Gasteiger partial charge in [-0.3, -0.25) is 9.97 Å². The van der Waals surface area contributed by atoms with Crippen LogP contribution in [-0.4, -0.2) is 31.9 Å². The van der Waals surface area contributed by atoms with Crippen LogP contribution in [0.2, 0.25) is 0 Å². The average Bonchev–Trinajstić information content (AvgIpc) is 3.43. The van der Waals surface area contributed by atoms with Gasteiger partial charge in [0.1, 0.15) is 11.4 Å². The minimum Gasteiger partial charge on any atom is -0.454 e. The second-order valence-electron chi connectivity index (χ2n) is 7.47. The molecule has 1 aliphatic heterocycles. The number of benzene rings is 1. The first-order valence-electron chi connectivity index (χ1n) is 10.4. The van der Waals surface area contributed by atoms with Crippen molar-refractivity contribution in [2.45, 2.75) is 33.7 Å². The van der Waals surface area contributed by atoms with Gasteiger partial charge in [0.2, 0.25) is 12.7 Å². The Hall–Kier alpha value is -4.01. The zero-order valence-electron chi connectivity index (χ0n) is 18.0. The van der Waals surface area contributed by atoms with Crippen LogP contribution in [0.15, 0.2) is 41.3 Å². The fraction of sp³-hybridized carbons (Fsp3) is 0.261. The molecule has 0 bridgehead atoms. The normalized spacial score (nSPS) is 12.2. The van der Waals surface area contributed by atoms with Gasteiger partial charge < -0.3 is 19.3 Å². The number of rotatable bonds is 6. The molecule has 0 atom stereocenters. The van der Waals surface area contributed by atoms with Gasteiger partial charge in [-0.15, -0.1) is 0 Å². The van der Waals surface area contributed by atoms with E-state index in [0.29, 0.717) is 29.6 Å². The van der Waals surface area contributed by atoms with Gasteiger partial charge in [-0.25, -0.2) is 9.97 Å². The van der Waals surface area contributed by atoms with Crippen molar-refractivity contribution in [2.24, 2.45) is 0 Å². The van der Waals surface area contributed by atoms with E-state index >= 15 is 0 Å². The minimum atomic E-state index is 0.249. The molecule has 0 radical (unpaired) electrons. The predicted octanol–water partition coefficient (Wildman–Crippen LogP) is 4.11. The van der Waals surface area contributed by atoms with Crippen molar-refractivity contribution in [1.82, 2.24) is 25.1 Å². The first-order valence-corrected chi connectivity index (χ1v) is 10.4. The standard InChI is InChI=1S/C23H22N6O3/c1-4-16-14(3)29-32-22(16)17-10-27-23(28-21(17)18-11-24-13(2)8-25-18)26-9-15-5-6-19-20(7-15)31-12-30-19/h5-8,10-11H,4,9,12H2,1-3H3,(H,26,27,28). The lowest BCUT2D eigenvalue weighted by atomic mass is 10.0. The van der Waals surface area contributed by atoms with Gasteiger partial charge in [0.25, 0.3) is 0 Å². The van der Waals surface area contributed by atoms with Gasteiger partial charge in [-0.2, -0.15) is 0 Å². The first-order chi connectivity index (χ1) is 15.6. The second kappa shape index (κ2) is 8.26. The Bertz CT molecular complexity index is 1270. The topological polar surface area (TPSA) is 108 Å². The highest BCUT2D eigenvalue weighted by atomic mass is 16.7. The van der Waals surface area contributed by atoms with E-state index in [-0.39, 0.29) is 6.79 Å². The van der Waals surface area contributed by atoms with E-state index in [0.717, 1.165) is 46.0 Å². The summed E-state index contributed by atoms with van der Waals surface area (Å²) in [6.45, 7) is 6.66. The Kier molecular flexibility index (Phi) is 5.14. The third kappa shape index (κ3) is 3.73. The Morgan fingerprint density at radius 3 is 2.69 bits per heavy atom. The largest absolute Gasteiger partial charge is 0.454 e. The summed E-state index contributed by atoms with van der Waals surface area (Å²) < 4.78 is 16.5. The molecule has 0 aliphatic carbocycles. The summed E-state index contributed by atoms with van der Waals surface area (Å²) in [5.41, 5.74) is 5.73. The van der Waals surface area contributed by atoms with Gasteiger partial charge in [0, 0.05) is 24.5 Å². The fourth-order valence-electron chi connectivity index (χ4n) is 3.59. The van der Waals surface area contributed by atoms with Crippen molar-refractivity contribution >= 4 is 5.95 Å². The van der Waals surface area contributed by atoms with E-state index in [2.05, 4.69) is 32.3 Å². The molecule has 1 aliphatic rings. The molecule has 1 aromatic carbocycles. The van der Waals surface area contributed by atoms with Crippen LogP contribution in [-0.2, 0) is 13.0 Å². The molecule has 0 amide bonds. The van der Waals surface area contributed by atoms with Crippen molar-refractivity contribution in [1.29, 1.82) is 0 Å². The SMILES string of the molecule is CCc1c(C)noc1-c1cnc(NCc2ccc3c(c2)OCO3)nc1-c1cnc(C)cn1. The Morgan fingerprint density at radius 1 is 1.00 bits per heavy atom. The van der Waals surface area contributed by atoms with Crippen molar-refractivity contribution in [3.8, 4) is 34.2 Å². The van der Waals surface area contributed by atoms with Gasteiger partial charge in [0.05, 0.1) is 23.1 Å². The summed E-state index contributed by atoms with van der Waals surface area (Å²) in [4.78, 5) is 18.2. The fourth-order valence-corrected chi connectivity index (χ4v) is 3.59.